The van der Waals surface area contributed by atoms with Crippen LogP contribution < -0.4 is 14.2 Å². The number of halogens is 12. The molecule has 6 aromatic rings. The fourth-order valence-corrected chi connectivity index (χ4v) is 10.1. The molecule has 0 radical (unpaired) electrons. The van der Waals surface area contributed by atoms with E-state index in [2.05, 4.69) is 15.3 Å². The molecule has 6 rings (SSSR count). The predicted octanol–water partition coefficient (Wildman–Crippen LogP) is 11.3. The minimum Gasteiger partial charge on any atom is -0.382 e. The summed E-state index contributed by atoms with van der Waals surface area (Å²) in [6.45, 7) is -4.97. The zero-order valence-corrected chi connectivity index (χ0v) is 42.6. The molecule has 3 aromatic carbocycles. The number of hydrogen-bond acceptors (Lipinski definition) is 18. The molecule has 3 aromatic heterocycles. The molecule has 0 atom stereocenters. The van der Waals surface area contributed by atoms with Crippen molar-refractivity contribution in [3.05, 3.63) is 81.8 Å². The van der Waals surface area contributed by atoms with E-state index in [1.807, 2.05) is 4.72 Å². The van der Waals surface area contributed by atoms with Crippen LogP contribution in [0.2, 0.25) is 15.1 Å². The second kappa shape index (κ2) is 29.6. The molecule has 466 valence electrons. The number of nitro groups is 3. The monoisotopic (exact) mass is 1320 g/mol. The Hall–Kier alpha value is -6.29. The molecule has 26 nitrogen and oxygen atoms in total. The molecule has 0 fully saturated rings. The van der Waals surface area contributed by atoms with Gasteiger partial charge in [0.05, 0.1) is 64.8 Å². The van der Waals surface area contributed by atoms with Crippen LogP contribution in [0.1, 0.15) is 52.0 Å². The molecule has 0 unspecified atom stereocenters. The van der Waals surface area contributed by atoms with Crippen molar-refractivity contribution in [2.75, 3.05) is 45.4 Å². The maximum absolute atomic E-state index is 12.9. The SMILES string of the molecule is C.C.C.C.C.C.C.CS(=O)(=O)N(c1nn(CC(F)(F)F)c2c([N+](=O)[O-])ccc(Cl)c12)S(C)(=O)=O.CS(=O)(=O)Nc1nn(CC(F)(F)F)c2c([N+](=O)[O-])ccc(Cl)c12.CS(C)(=O)=O.Nc1nn(CC(F)(F)F)c2c([N+](=O)[O-])ccc(Cl)c12. The van der Waals surface area contributed by atoms with Crippen LogP contribution in [0, 0.1) is 30.3 Å². The van der Waals surface area contributed by atoms with E-state index in [0.29, 0.717) is 21.9 Å². The van der Waals surface area contributed by atoms with Crippen molar-refractivity contribution in [3.8, 4) is 0 Å². The van der Waals surface area contributed by atoms with E-state index < -0.39 is 143 Å². The van der Waals surface area contributed by atoms with Crippen molar-refractivity contribution in [1.29, 1.82) is 0 Å². The fraction of sp³-hybridized carbons (Fsp3) is 0.462. The summed E-state index contributed by atoms with van der Waals surface area (Å²) in [6.07, 6.45) is -10.2. The molecule has 0 saturated carbocycles. The van der Waals surface area contributed by atoms with E-state index in [-0.39, 0.29) is 92.5 Å². The summed E-state index contributed by atoms with van der Waals surface area (Å²) in [6, 6.07) is 5.93. The molecule has 42 heteroatoms. The van der Waals surface area contributed by atoms with Gasteiger partial charge in [-0.3, -0.25) is 35.1 Å². The number of fused-ring (bicyclic) bond motifs is 3. The number of sulfone groups is 1. The summed E-state index contributed by atoms with van der Waals surface area (Å²) in [5.41, 5.74) is 1.76. The largest absolute Gasteiger partial charge is 0.408 e. The van der Waals surface area contributed by atoms with Gasteiger partial charge in [0.15, 0.2) is 17.5 Å². The Morgan fingerprint density at radius 2 is 0.790 bits per heavy atom. The molecule has 0 aliphatic heterocycles. The first-order valence-corrected chi connectivity index (χ1v) is 27.4. The van der Waals surface area contributed by atoms with Gasteiger partial charge < -0.3 is 5.73 Å². The van der Waals surface area contributed by atoms with Crippen LogP contribution in [0.4, 0.5) is 74.0 Å². The van der Waals surface area contributed by atoms with E-state index in [0.717, 1.165) is 49.1 Å². The molecule has 0 bridgehead atoms. The molecule has 81 heavy (non-hydrogen) atoms. The fourth-order valence-electron chi connectivity index (χ4n) is 6.03. The van der Waals surface area contributed by atoms with Crippen LogP contribution in [0.5, 0.6) is 0 Å². The molecule has 0 amide bonds. The summed E-state index contributed by atoms with van der Waals surface area (Å²) >= 11 is 17.5. The number of nitrogen functional groups attached to an aromatic ring is 1. The number of non-ortho nitro benzene ring substituents is 3. The van der Waals surface area contributed by atoms with Gasteiger partial charge >= 0.3 is 18.5 Å². The summed E-state index contributed by atoms with van der Waals surface area (Å²) in [7, 11) is -15.7. The second-order valence-corrected chi connectivity index (χ2v) is 23.9. The molecule has 0 aliphatic carbocycles. The number of sulfonamides is 3. The van der Waals surface area contributed by atoms with E-state index in [1.54, 1.807) is 0 Å². The highest BCUT2D eigenvalue weighted by Gasteiger charge is 2.39. The number of nitrogens with one attached hydrogen (secondary N) is 1. The Morgan fingerprint density at radius 1 is 0.519 bits per heavy atom. The van der Waals surface area contributed by atoms with Crippen molar-refractivity contribution >= 4 is 142 Å². The average molecular weight is 1320 g/mol. The van der Waals surface area contributed by atoms with Crippen LogP contribution in [0.3, 0.4) is 0 Å². The van der Waals surface area contributed by atoms with E-state index in [1.165, 1.54) is 6.07 Å². The quantitative estimate of drug-likeness (QED) is 0.0691. The number of nitro benzene ring substituents is 3. The van der Waals surface area contributed by atoms with Crippen LogP contribution in [0.15, 0.2) is 36.4 Å². The van der Waals surface area contributed by atoms with E-state index in [9.17, 15) is 104 Å². The lowest BCUT2D eigenvalue weighted by Gasteiger charge is -2.17. The third kappa shape index (κ3) is 22.9. The van der Waals surface area contributed by atoms with Gasteiger partial charge in [-0.05, 0) is 18.2 Å². The second-order valence-electron chi connectivity index (χ2n) is 14.8. The van der Waals surface area contributed by atoms with E-state index in [4.69, 9.17) is 40.5 Å². The lowest BCUT2D eigenvalue weighted by atomic mass is 10.2. The van der Waals surface area contributed by atoms with Gasteiger partial charge in [0.25, 0.3) is 17.1 Å². The van der Waals surface area contributed by atoms with Crippen LogP contribution in [0.25, 0.3) is 32.7 Å². The maximum atomic E-state index is 12.9. The lowest BCUT2D eigenvalue weighted by molar-refractivity contribution is -0.383. The van der Waals surface area contributed by atoms with Gasteiger partial charge in [0, 0.05) is 30.7 Å². The minimum absolute atomic E-state index is 0. The van der Waals surface area contributed by atoms with Crippen molar-refractivity contribution in [2.24, 2.45) is 0 Å². The molecular formula is C39H58Cl3F9N12O14S4. The highest BCUT2D eigenvalue weighted by atomic mass is 35.5. The Labute approximate surface area is 474 Å². The van der Waals surface area contributed by atoms with Gasteiger partial charge in [-0.25, -0.2) is 47.7 Å². The molecular weight excluding hydrogens is 1270 g/mol. The summed E-state index contributed by atoms with van der Waals surface area (Å²) in [5.74, 6) is -1.79. The van der Waals surface area contributed by atoms with Gasteiger partial charge in [-0.15, -0.1) is 3.71 Å². The molecule has 3 N–H and O–H groups in total. The number of hydrogen-bond donors (Lipinski definition) is 2. The van der Waals surface area contributed by atoms with Gasteiger partial charge in [-0.2, -0.15) is 54.8 Å². The Kier molecular flexibility index (Phi) is 30.5. The first-order valence-electron chi connectivity index (χ1n) is 18.4. The molecule has 3 heterocycles. The smallest absolute Gasteiger partial charge is 0.382 e. The van der Waals surface area contributed by atoms with Crippen molar-refractivity contribution in [2.45, 2.75) is 90.1 Å². The topological polar surface area (TPSA) is 361 Å². The van der Waals surface area contributed by atoms with Gasteiger partial charge in [0.2, 0.25) is 30.1 Å². The molecule has 0 aliphatic rings. The Balaban J connectivity index is -0.000000331. The average Bonchev–Trinajstić information content (AvgIpc) is 3.79. The third-order valence-corrected chi connectivity index (χ3v) is 12.8. The van der Waals surface area contributed by atoms with Gasteiger partial charge in [0.1, 0.15) is 46.0 Å². The number of anilines is 3. The molecule has 0 spiro atoms. The number of rotatable bonds is 11. The summed E-state index contributed by atoms with van der Waals surface area (Å²) < 4.78 is 206. The normalized spacial score (nSPS) is 11.5. The number of benzene rings is 3. The summed E-state index contributed by atoms with van der Waals surface area (Å²) in [4.78, 5) is 30.4. The van der Waals surface area contributed by atoms with Gasteiger partial charge in [-0.1, -0.05) is 86.8 Å². The van der Waals surface area contributed by atoms with Crippen molar-refractivity contribution in [1.82, 2.24) is 29.3 Å². The summed E-state index contributed by atoms with van der Waals surface area (Å²) in [5, 5.41) is 41.9. The highest BCUT2D eigenvalue weighted by molar-refractivity contribution is 8.09. The zero-order chi connectivity index (χ0) is 57.4. The standard InChI is InChI=1S/C11H10ClF3N4O6S2.C10H8ClF3N4O4S.C9H6ClF3N4O2.C2H6O2S.7CH4/c1-26(22,23)19(27(2,24)25)10-8-6(12)3-4-7(18(20)21)9(8)17(16-10)5-11(13,14)15;1-23(21,22)16-9-7-5(11)2-3-6(18(19)20)8(7)17(15-9)4-10(12,13)14;10-4-1-2-5(17(18)19)7-6(4)8(14)15-16(7)3-9(11,12)13;1-5(2,3)4;;;;;;;/h3-4H,5H2,1-2H3;2-3H,4H2,1H3,(H,15,16);1-2H,3H2,(H2,14,15);1-2H3;7*1H4. The van der Waals surface area contributed by atoms with Crippen LogP contribution >= 0.6 is 34.8 Å². The maximum Gasteiger partial charge on any atom is 0.408 e. The first-order chi connectivity index (χ1) is 33.1. The number of aromatic nitrogens is 6. The van der Waals surface area contributed by atoms with Crippen LogP contribution in [-0.2, 0) is 59.5 Å². The van der Waals surface area contributed by atoms with Crippen molar-refractivity contribution < 1.29 is 88.0 Å². The van der Waals surface area contributed by atoms with Crippen LogP contribution in [-0.4, -0.2) is 128 Å². The first kappa shape index (κ1) is 83.5. The Bertz CT molecular complexity index is 3640. The minimum atomic E-state index is -4.90. The zero-order valence-electron chi connectivity index (χ0n) is 37.0. The number of nitrogens with two attached hydrogens (primary N) is 1. The van der Waals surface area contributed by atoms with E-state index >= 15 is 0 Å². The molecule has 0 saturated heterocycles. The number of nitrogens with zero attached hydrogens (tertiary/aromatic N) is 10. The predicted molar refractivity (Wildman–Crippen MR) is 295 cm³/mol. The Morgan fingerprint density at radius 3 is 1.09 bits per heavy atom. The van der Waals surface area contributed by atoms with Crippen molar-refractivity contribution in [3.63, 3.8) is 0 Å². The lowest BCUT2D eigenvalue weighted by Crippen LogP contribution is -2.36. The third-order valence-electron chi connectivity index (χ3n) is 8.11. The highest BCUT2D eigenvalue weighted by Crippen LogP contribution is 2.42. The number of alkyl halides is 9.